The molecular weight excluding hydrogens is 927 g/mol. The van der Waals surface area contributed by atoms with Crippen LogP contribution in [0, 0.1) is 37.5 Å². The maximum atomic E-state index is 13.1. The van der Waals surface area contributed by atoms with Gasteiger partial charge in [0, 0.05) is 85.6 Å². The second-order valence-corrected chi connectivity index (χ2v) is 19.6. The van der Waals surface area contributed by atoms with Crippen molar-refractivity contribution in [2.24, 2.45) is 23.7 Å². The largest absolute Gasteiger partial charge is 0.534 e. The molecule has 0 spiro atoms. The van der Waals surface area contributed by atoms with Crippen molar-refractivity contribution in [3.63, 3.8) is 0 Å². The van der Waals surface area contributed by atoms with Gasteiger partial charge >= 0.3 is 31.3 Å². The maximum Gasteiger partial charge on any atom is 0.534 e. The number of hydrogen-bond acceptors (Lipinski definition) is 16. The van der Waals surface area contributed by atoms with Crippen molar-refractivity contribution >= 4 is 55.3 Å². The van der Waals surface area contributed by atoms with E-state index in [1.165, 1.54) is 42.1 Å². The lowest BCUT2D eigenvalue weighted by Crippen LogP contribution is -2.51. The molecule has 2 N–H and O–H groups in total. The first-order chi connectivity index (χ1) is 30.8. The van der Waals surface area contributed by atoms with Gasteiger partial charge in [0.15, 0.2) is 0 Å². The Hall–Kier alpha value is -5.92. The standard InChI is InChI=1S/2C20H22F3N5O4S/c1-10-6-8-25-19(26-10)27-16-11(2)17(13-4-5-13)28(12(3)29)14-7-9-24-18(15(14)16)32-33(30,31)20(21,22)23;1-10-6-7-24-19(26-10)27-17-11(2)18(13-4-5-13)28(12(3)29)15-8-16(25-9-14(15)17)32-33(30,31)20(21,22)23/h6-9,11,13,16-17H,4-5H2,1-3H3,(H,25,26,27);6-9,11,13,17-18H,4-5H2,1-3H3,(H,24,26,27)/t11-,16-,17-;11-,17-,18-/m11/s1. The number of aromatic nitrogens is 6. The van der Waals surface area contributed by atoms with Crippen LogP contribution in [-0.2, 0) is 29.8 Å². The zero-order valence-corrected chi connectivity index (χ0v) is 37.6. The van der Waals surface area contributed by atoms with Crippen LogP contribution in [0.2, 0.25) is 0 Å². The molecule has 0 saturated heterocycles. The highest BCUT2D eigenvalue weighted by atomic mass is 32.2. The van der Waals surface area contributed by atoms with Crippen molar-refractivity contribution in [2.45, 2.75) is 102 Å². The van der Waals surface area contributed by atoms with Crippen LogP contribution in [0.15, 0.2) is 49.1 Å². The Morgan fingerprint density at radius 1 is 0.667 bits per heavy atom. The molecule has 18 nitrogen and oxygen atoms in total. The summed E-state index contributed by atoms with van der Waals surface area (Å²) >= 11 is 0. The molecule has 0 aromatic carbocycles. The van der Waals surface area contributed by atoms with Crippen molar-refractivity contribution in [1.82, 2.24) is 29.9 Å². The number of amides is 2. The number of pyridine rings is 2. The average Bonchev–Trinajstić information content (AvgIpc) is 4.14. The van der Waals surface area contributed by atoms with E-state index in [-0.39, 0.29) is 70.5 Å². The van der Waals surface area contributed by atoms with Gasteiger partial charge in [-0.1, -0.05) is 13.8 Å². The van der Waals surface area contributed by atoms with E-state index in [9.17, 15) is 52.8 Å². The summed E-state index contributed by atoms with van der Waals surface area (Å²) in [6, 6.07) is 4.24. The summed E-state index contributed by atoms with van der Waals surface area (Å²) in [6.07, 6.45) is 9.06. The number of fused-ring (bicyclic) bond motifs is 2. The Balaban J connectivity index is 0.000000196. The topological polar surface area (TPSA) is 229 Å². The highest BCUT2D eigenvalue weighted by molar-refractivity contribution is 7.88. The van der Waals surface area contributed by atoms with E-state index in [0.717, 1.165) is 43.6 Å². The van der Waals surface area contributed by atoms with Gasteiger partial charge in [-0.2, -0.15) is 43.2 Å². The van der Waals surface area contributed by atoms with Crippen LogP contribution in [-0.4, -0.2) is 81.7 Å². The van der Waals surface area contributed by atoms with Crippen molar-refractivity contribution in [3.05, 3.63) is 71.6 Å². The number of carbonyl (C=O) groups is 2. The lowest BCUT2D eigenvalue weighted by molar-refractivity contribution is -0.118. The second-order valence-electron chi connectivity index (χ2n) is 16.5. The van der Waals surface area contributed by atoms with Gasteiger partial charge in [0.25, 0.3) is 0 Å². The molecule has 2 aliphatic heterocycles. The fourth-order valence-corrected chi connectivity index (χ4v) is 9.48. The highest BCUT2D eigenvalue weighted by Crippen LogP contribution is 2.53. The molecule has 0 radical (unpaired) electrons. The molecule has 6 atom stereocenters. The molecule has 2 amide bonds. The van der Waals surface area contributed by atoms with E-state index in [4.69, 9.17) is 0 Å². The number of aryl methyl sites for hydroxylation is 2. The molecule has 2 saturated carbocycles. The number of anilines is 4. The van der Waals surface area contributed by atoms with E-state index >= 15 is 0 Å². The monoisotopic (exact) mass is 970 g/mol. The Bertz CT molecular complexity index is 2710. The summed E-state index contributed by atoms with van der Waals surface area (Å²) in [5.41, 5.74) is -8.86. The number of nitrogens with zero attached hydrogens (tertiary/aromatic N) is 8. The van der Waals surface area contributed by atoms with Crippen LogP contribution in [0.25, 0.3) is 0 Å². The highest BCUT2D eigenvalue weighted by Gasteiger charge is 2.53. The van der Waals surface area contributed by atoms with Gasteiger partial charge in [0.1, 0.15) is 0 Å². The molecule has 4 aliphatic rings. The Morgan fingerprint density at radius 2 is 1.12 bits per heavy atom. The van der Waals surface area contributed by atoms with Crippen LogP contribution in [0.5, 0.6) is 11.8 Å². The van der Waals surface area contributed by atoms with Crippen molar-refractivity contribution in [1.29, 1.82) is 0 Å². The summed E-state index contributed by atoms with van der Waals surface area (Å²) in [5.74, 6) is -1.66. The number of alkyl halides is 6. The van der Waals surface area contributed by atoms with Crippen molar-refractivity contribution in [2.75, 3.05) is 20.4 Å². The minimum absolute atomic E-state index is 0.0232. The molecule has 66 heavy (non-hydrogen) atoms. The Labute approximate surface area is 375 Å². The molecule has 4 aromatic heterocycles. The third-order valence-corrected chi connectivity index (χ3v) is 13.6. The van der Waals surface area contributed by atoms with Gasteiger partial charge in [-0.3, -0.25) is 9.59 Å². The number of halogens is 6. The first-order valence-electron chi connectivity index (χ1n) is 20.5. The van der Waals surface area contributed by atoms with Gasteiger partial charge in [-0.25, -0.2) is 29.9 Å². The molecule has 0 bridgehead atoms. The number of carbonyl (C=O) groups excluding carboxylic acids is 2. The van der Waals surface area contributed by atoms with Crippen LogP contribution in [0.1, 0.15) is 88.0 Å². The summed E-state index contributed by atoms with van der Waals surface area (Å²) in [7, 11) is -11.9. The fraction of sp³-hybridized carbons (Fsp3) is 0.500. The van der Waals surface area contributed by atoms with Gasteiger partial charge in [0.2, 0.25) is 35.5 Å². The predicted molar refractivity (Wildman–Crippen MR) is 224 cm³/mol. The zero-order chi connectivity index (χ0) is 48.3. The van der Waals surface area contributed by atoms with Crippen LogP contribution in [0.3, 0.4) is 0 Å². The predicted octanol–water partition coefficient (Wildman–Crippen LogP) is 6.69. The zero-order valence-electron chi connectivity index (χ0n) is 36.0. The smallest absolute Gasteiger partial charge is 0.355 e. The van der Waals surface area contributed by atoms with E-state index in [1.807, 2.05) is 20.8 Å². The molecule has 8 rings (SSSR count). The van der Waals surface area contributed by atoms with E-state index < -0.39 is 55.1 Å². The van der Waals surface area contributed by atoms with Gasteiger partial charge in [0.05, 0.1) is 29.0 Å². The summed E-state index contributed by atoms with van der Waals surface area (Å²) in [4.78, 5) is 52.9. The van der Waals surface area contributed by atoms with Crippen LogP contribution in [0.4, 0.5) is 49.6 Å². The van der Waals surface area contributed by atoms with Crippen LogP contribution < -0.4 is 28.8 Å². The summed E-state index contributed by atoms with van der Waals surface area (Å²) < 4.78 is 133. The third-order valence-electron chi connectivity index (χ3n) is 11.7. The third kappa shape index (κ3) is 9.78. The molecule has 4 aromatic rings. The SMILES string of the molecule is CC(=O)N1c2cc(OS(=O)(=O)C(F)(F)F)ncc2[C@H](Nc2nccc(C)n2)[C@@H](C)[C@@H]1C1CC1.CC(=O)N1c2ccnc(OS(=O)(=O)C(F)(F)F)c2[C@H](Nc2nccc(C)n2)[C@@H](C)[C@@H]1C1CC1. The molecule has 26 heteroatoms. The molecule has 2 aliphatic carbocycles. The fourth-order valence-electron chi connectivity index (χ4n) is 8.63. The maximum absolute atomic E-state index is 13.1. The van der Waals surface area contributed by atoms with Crippen molar-refractivity contribution < 1.29 is 61.1 Å². The quantitative estimate of drug-likeness (QED) is 0.0959. The first-order valence-corrected chi connectivity index (χ1v) is 23.3. The van der Waals surface area contributed by atoms with Crippen molar-refractivity contribution in [3.8, 4) is 11.8 Å². The number of rotatable bonds is 10. The lowest BCUT2D eigenvalue weighted by atomic mass is 9.80. The van der Waals surface area contributed by atoms with Gasteiger partial charge in [-0.15, -0.1) is 0 Å². The number of hydrogen-bond donors (Lipinski definition) is 2. The molecular formula is C40H44F6N10O8S2. The van der Waals surface area contributed by atoms with Gasteiger partial charge in [-0.05, 0) is 69.6 Å². The second kappa shape index (κ2) is 17.7. The molecule has 6 heterocycles. The minimum atomic E-state index is -5.98. The molecule has 356 valence electrons. The average molecular weight is 971 g/mol. The summed E-state index contributed by atoms with van der Waals surface area (Å²) in [5, 5.41) is 6.36. The molecule has 2 fully saturated rings. The summed E-state index contributed by atoms with van der Waals surface area (Å²) in [6.45, 7) is 10.1. The van der Waals surface area contributed by atoms with Gasteiger partial charge < -0.3 is 28.8 Å². The normalized spacial score (nSPS) is 23.1. The number of nitrogens with one attached hydrogen (secondary N) is 2. The van der Waals surface area contributed by atoms with E-state index in [2.05, 4.69) is 48.9 Å². The van der Waals surface area contributed by atoms with E-state index in [0.29, 0.717) is 17.2 Å². The van der Waals surface area contributed by atoms with Crippen LogP contribution >= 0.6 is 0 Å². The lowest BCUT2D eigenvalue weighted by Gasteiger charge is -2.45. The van der Waals surface area contributed by atoms with E-state index in [1.54, 1.807) is 25.3 Å². The Kier molecular flexibility index (Phi) is 12.9. The Morgan fingerprint density at radius 3 is 1.59 bits per heavy atom. The minimum Gasteiger partial charge on any atom is -0.355 e. The molecule has 0 unspecified atom stereocenters. The first kappa shape index (κ1) is 48.0.